The minimum atomic E-state index is -1.05. The second kappa shape index (κ2) is 2.34. The Kier molecular flexibility index (Phi) is 1.87. The Labute approximate surface area is 71.0 Å². The second-order valence-corrected chi connectivity index (χ2v) is 8.75. The van der Waals surface area contributed by atoms with Gasteiger partial charge in [-0.15, -0.1) is 0 Å². The van der Waals surface area contributed by atoms with Gasteiger partial charge in [0, 0.05) is 0 Å². The Balaban J connectivity index is 3.21. The summed E-state index contributed by atoms with van der Waals surface area (Å²) in [5.41, 5.74) is 3.10. The van der Waals surface area contributed by atoms with Crippen LogP contribution in [0.15, 0.2) is 21.5 Å². The van der Waals surface area contributed by atoms with Crippen molar-refractivity contribution in [3.05, 3.63) is 21.5 Å². The van der Waals surface area contributed by atoms with Crippen LogP contribution < -0.4 is 0 Å². The van der Waals surface area contributed by atoms with Crippen LogP contribution in [-0.2, 0) is 0 Å². The molecule has 1 aliphatic heterocycles. The zero-order chi connectivity index (χ0) is 8.81. The minimum Gasteiger partial charge on any atom is -0.0765 e. The van der Waals surface area contributed by atoms with Crippen LogP contribution in [0.1, 0.15) is 27.7 Å². The van der Waals surface area contributed by atoms with Crippen molar-refractivity contribution in [2.24, 2.45) is 0 Å². The number of hydrogen-bond donors (Lipinski definition) is 0. The van der Waals surface area contributed by atoms with E-state index in [2.05, 4.69) is 40.8 Å². The van der Waals surface area contributed by atoms with Crippen LogP contribution in [0.2, 0.25) is 13.1 Å². The van der Waals surface area contributed by atoms with Crippen molar-refractivity contribution in [3.8, 4) is 0 Å². The molecule has 0 unspecified atom stereocenters. The highest BCUT2D eigenvalue weighted by molar-refractivity contribution is 6.95. The standard InChI is InChI=1S/C10H18Si/c1-7(2)10-8(3)9(4)11(10,5)6/h1-6H3. The lowest BCUT2D eigenvalue weighted by atomic mass is 10.2. The maximum Gasteiger partial charge on any atom is 0.107 e. The first-order valence-corrected chi connectivity index (χ1v) is 7.25. The normalized spacial score (nSPS) is 21.8. The molecule has 1 aliphatic rings. The van der Waals surface area contributed by atoms with E-state index in [-0.39, 0.29) is 0 Å². The molecule has 0 atom stereocenters. The van der Waals surface area contributed by atoms with Crippen molar-refractivity contribution >= 4 is 8.07 Å². The first-order chi connectivity index (χ1) is 4.89. The average molecular weight is 166 g/mol. The van der Waals surface area contributed by atoms with Gasteiger partial charge in [0.25, 0.3) is 0 Å². The van der Waals surface area contributed by atoms with Crippen LogP contribution in [0.3, 0.4) is 0 Å². The maximum absolute atomic E-state index is 2.44. The van der Waals surface area contributed by atoms with Gasteiger partial charge in [0.2, 0.25) is 0 Å². The van der Waals surface area contributed by atoms with Crippen LogP contribution in [-0.4, -0.2) is 8.07 Å². The molecule has 1 heteroatoms. The van der Waals surface area contributed by atoms with E-state index in [0.29, 0.717) is 0 Å². The highest BCUT2D eigenvalue weighted by Crippen LogP contribution is 2.42. The third kappa shape index (κ3) is 1.02. The molecule has 62 valence electrons. The van der Waals surface area contributed by atoms with Gasteiger partial charge in [0.1, 0.15) is 8.07 Å². The second-order valence-electron chi connectivity index (χ2n) is 4.25. The zero-order valence-corrected chi connectivity index (χ0v) is 9.50. The summed E-state index contributed by atoms with van der Waals surface area (Å²) in [4.78, 5) is 0. The van der Waals surface area contributed by atoms with E-state index in [1.165, 1.54) is 5.57 Å². The summed E-state index contributed by atoms with van der Waals surface area (Å²) in [6, 6.07) is 0. The fourth-order valence-corrected chi connectivity index (χ4v) is 5.88. The van der Waals surface area contributed by atoms with E-state index in [4.69, 9.17) is 0 Å². The average Bonchev–Trinajstić information content (AvgIpc) is 1.85. The first kappa shape index (κ1) is 8.79. The fraction of sp³-hybridized carbons (Fsp3) is 0.600. The molecule has 0 spiro atoms. The number of rotatable bonds is 0. The molecule has 0 aromatic rings. The summed E-state index contributed by atoms with van der Waals surface area (Å²) in [5.74, 6) is 0. The van der Waals surface area contributed by atoms with E-state index < -0.39 is 8.07 Å². The summed E-state index contributed by atoms with van der Waals surface area (Å²) in [6.07, 6.45) is 0. The van der Waals surface area contributed by atoms with Crippen molar-refractivity contribution in [2.75, 3.05) is 0 Å². The van der Waals surface area contributed by atoms with Crippen molar-refractivity contribution in [1.82, 2.24) is 0 Å². The molecule has 0 bridgehead atoms. The molecular formula is C10H18Si. The molecule has 0 aromatic carbocycles. The molecule has 0 fully saturated rings. The molecule has 1 rings (SSSR count). The summed E-state index contributed by atoms with van der Waals surface area (Å²) >= 11 is 0. The number of allylic oxidation sites excluding steroid dienone is 4. The van der Waals surface area contributed by atoms with Crippen molar-refractivity contribution in [1.29, 1.82) is 0 Å². The van der Waals surface area contributed by atoms with Gasteiger partial charge in [-0.25, -0.2) is 0 Å². The van der Waals surface area contributed by atoms with Crippen LogP contribution >= 0.6 is 0 Å². The van der Waals surface area contributed by atoms with Gasteiger partial charge in [-0.05, 0) is 27.7 Å². The van der Waals surface area contributed by atoms with Gasteiger partial charge in [-0.1, -0.05) is 34.6 Å². The van der Waals surface area contributed by atoms with Gasteiger partial charge in [-0.3, -0.25) is 0 Å². The molecule has 11 heavy (non-hydrogen) atoms. The van der Waals surface area contributed by atoms with E-state index >= 15 is 0 Å². The minimum absolute atomic E-state index is 1.05. The van der Waals surface area contributed by atoms with Gasteiger partial charge in [0.15, 0.2) is 0 Å². The Morgan fingerprint density at radius 3 is 1.73 bits per heavy atom. The van der Waals surface area contributed by atoms with E-state index in [1.54, 1.807) is 16.0 Å². The first-order valence-electron chi connectivity index (χ1n) is 4.25. The molecule has 0 saturated heterocycles. The highest BCUT2D eigenvalue weighted by Gasteiger charge is 2.39. The molecule has 0 nitrogen and oxygen atoms in total. The summed E-state index contributed by atoms with van der Waals surface area (Å²) in [7, 11) is -1.05. The predicted molar refractivity (Wildman–Crippen MR) is 54.2 cm³/mol. The summed E-state index contributed by atoms with van der Waals surface area (Å²) in [6.45, 7) is 13.9. The van der Waals surface area contributed by atoms with Crippen molar-refractivity contribution < 1.29 is 0 Å². The van der Waals surface area contributed by atoms with Gasteiger partial charge >= 0.3 is 0 Å². The third-order valence-electron chi connectivity index (χ3n) is 3.00. The van der Waals surface area contributed by atoms with Gasteiger partial charge < -0.3 is 0 Å². The topological polar surface area (TPSA) is 0 Å². The Morgan fingerprint density at radius 1 is 1.09 bits per heavy atom. The molecule has 0 radical (unpaired) electrons. The van der Waals surface area contributed by atoms with Gasteiger partial charge in [0.05, 0.1) is 0 Å². The lowest BCUT2D eigenvalue weighted by Crippen LogP contribution is -2.42. The van der Waals surface area contributed by atoms with Crippen LogP contribution in [0.4, 0.5) is 0 Å². The molecule has 0 N–H and O–H groups in total. The SMILES string of the molecule is CC(C)=C1C(C)=C(C)[Si]1(C)C. The molecule has 0 aliphatic carbocycles. The predicted octanol–water partition coefficient (Wildman–Crippen LogP) is 3.46. The Hall–Kier alpha value is -0.303. The Bertz CT molecular complexity index is 250. The molecule has 0 amide bonds. The monoisotopic (exact) mass is 166 g/mol. The third-order valence-corrected chi connectivity index (χ3v) is 7.38. The number of hydrogen-bond acceptors (Lipinski definition) is 0. The quantitative estimate of drug-likeness (QED) is 0.483. The summed E-state index contributed by atoms with van der Waals surface area (Å²) < 4.78 is 0. The van der Waals surface area contributed by atoms with Crippen molar-refractivity contribution in [3.63, 3.8) is 0 Å². The molecule has 0 saturated carbocycles. The van der Waals surface area contributed by atoms with Crippen LogP contribution in [0.5, 0.6) is 0 Å². The molecule has 0 aromatic heterocycles. The molecular weight excluding hydrogens is 148 g/mol. The van der Waals surface area contributed by atoms with E-state index in [9.17, 15) is 0 Å². The van der Waals surface area contributed by atoms with Crippen molar-refractivity contribution in [2.45, 2.75) is 40.8 Å². The zero-order valence-electron chi connectivity index (χ0n) is 8.50. The fourth-order valence-electron chi connectivity index (χ4n) is 2.25. The van der Waals surface area contributed by atoms with Crippen LogP contribution in [0, 0.1) is 0 Å². The lowest BCUT2D eigenvalue weighted by molar-refractivity contribution is 1.21. The van der Waals surface area contributed by atoms with Gasteiger partial charge in [-0.2, -0.15) is 0 Å². The lowest BCUT2D eigenvalue weighted by Gasteiger charge is -2.41. The Morgan fingerprint density at radius 2 is 1.55 bits per heavy atom. The summed E-state index contributed by atoms with van der Waals surface area (Å²) in [5, 5.41) is 3.39. The highest BCUT2D eigenvalue weighted by atomic mass is 28.3. The smallest absolute Gasteiger partial charge is 0.0765 e. The largest absolute Gasteiger partial charge is 0.107 e. The molecule has 1 heterocycles. The van der Waals surface area contributed by atoms with E-state index in [0.717, 1.165) is 0 Å². The maximum atomic E-state index is 2.44. The van der Waals surface area contributed by atoms with E-state index in [1.807, 2.05) is 0 Å². The van der Waals surface area contributed by atoms with Crippen LogP contribution in [0.25, 0.3) is 0 Å².